The Bertz CT molecular complexity index is 3170. The number of hydrogen-bond donors (Lipinski definition) is 0. The van der Waals surface area contributed by atoms with Crippen molar-refractivity contribution in [2.75, 3.05) is 4.90 Å². The minimum absolute atomic E-state index is 0.593. The summed E-state index contributed by atoms with van der Waals surface area (Å²) in [6.45, 7) is 0. The maximum Gasteiger partial charge on any atom is 0.164 e. The molecule has 8 aromatic carbocycles. The molecule has 268 valence electrons. The molecule has 0 aliphatic rings. The van der Waals surface area contributed by atoms with Crippen LogP contribution >= 0.6 is 11.3 Å². The minimum Gasteiger partial charge on any atom is -0.455 e. The highest BCUT2D eigenvalue weighted by Crippen LogP contribution is 2.44. The molecule has 11 rings (SSSR count). The fourth-order valence-corrected chi connectivity index (χ4v) is 8.98. The van der Waals surface area contributed by atoms with Crippen LogP contribution in [0.25, 0.3) is 87.4 Å². The molecular weight excluding hydrogens is 717 g/mol. The first-order valence-corrected chi connectivity index (χ1v) is 19.8. The topological polar surface area (TPSA) is 55.1 Å². The lowest BCUT2D eigenvalue weighted by Gasteiger charge is -2.25. The molecule has 0 aliphatic heterocycles. The molecule has 0 fully saturated rings. The summed E-state index contributed by atoms with van der Waals surface area (Å²) in [6.07, 6.45) is 0. The molecular formula is C51H32N4OS. The summed E-state index contributed by atoms with van der Waals surface area (Å²) in [5.41, 5.74) is 9.66. The van der Waals surface area contributed by atoms with Gasteiger partial charge in [0.15, 0.2) is 17.5 Å². The van der Waals surface area contributed by atoms with Crippen molar-refractivity contribution >= 4 is 70.5 Å². The lowest BCUT2D eigenvalue weighted by molar-refractivity contribution is 0.670. The van der Waals surface area contributed by atoms with Crippen LogP contribution in [0, 0.1) is 0 Å². The van der Waals surface area contributed by atoms with Crippen LogP contribution in [-0.2, 0) is 0 Å². The number of aromatic nitrogens is 3. The van der Waals surface area contributed by atoms with Gasteiger partial charge in [-0.1, -0.05) is 133 Å². The van der Waals surface area contributed by atoms with Crippen LogP contribution in [-0.4, -0.2) is 15.0 Å². The van der Waals surface area contributed by atoms with Gasteiger partial charge in [0.1, 0.15) is 11.2 Å². The van der Waals surface area contributed by atoms with Crippen LogP contribution in [0.4, 0.5) is 17.1 Å². The normalized spacial score (nSPS) is 11.5. The van der Waals surface area contributed by atoms with Crippen molar-refractivity contribution in [3.8, 4) is 45.3 Å². The summed E-state index contributed by atoms with van der Waals surface area (Å²) in [4.78, 5) is 17.4. The van der Waals surface area contributed by atoms with Crippen LogP contribution in [0.1, 0.15) is 0 Å². The molecule has 0 radical (unpaired) electrons. The Kier molecular flexibility index (Phi) is 7.93. The predicted octanol–water partition coefficient (Wildman–Crippen LogP) is 14.3. The van der Waals surface area contributed by atoms with E-state index in [0.29, 0.717) is 17.5 Å². The lowest BCUT2D eigenvalue weighted by Crippen LogP contribution is -2.09. The Labute approximate surface area is 332 Å². The summed E-state index contributed by atoms with van der Waals surface area (Å²) >= 11 is 1.84. The van der Waals surface area contributed by atoms with Gasteiger partial charge in [0, 0.05) is 70.3 Å². The van der Waals surface area contributed by atoms with E-state index in [-0.39, 0.29) is 0 Å². The molecule has 0 unspecified atom stereocenters. The first-order valence-electron chi connectivity index (χ1n) is 18.9. The van der Waals surface area contributed by atoms with E-state index < -0.39 is 0 Å². The minimum atomic E-state index is 0.593. The number of nitrogens with zero attached hydrogens (tertiary/aromatic N) is 4. The number of rotatable bonds is 7. The number of benzene rings is 8. The standard InChI is InChI=1S/C51H32N4OS/c1-4-14-34(15-5-1)49-52-50(35-16-6-2-7-17-35)54-51(53-49)43-31-30-39(48-47(43)42-21-10-12-22-44(42)56-48)33-24-26-37(27-25-33)55(36-18-8-3-9-19-36)38-28-29-41-40-20-11-13-23-45(40)57-46(41)32-38/h1-32H. The Morgan fingerprint density at radius 1 is 0.386 bits per heavy atom. The van der Waals surface area contributed by atoms with E-state index in [0.717, 1.165) is 66.8 Å². The third-order valence-electron chi connectivity index (χ3n) is 10.5. The molecule has 57 heavy (non-hydrogen) atoms. The van der Waals surface area contributed by atoms with Gasteiger partial charge in [0.25, 0.3) is 0 Å². The van der Waals surface area contributed by atoms with Crippen LogP contribution < -0.4 is 4.90 Å². The van der Waals surface area contributed by atoms with Gasteiger partial charge in [-0.2, -0.15) is 0 Å². The maximum atomic E-state index is 6.73. The van der Waals surface area contributed by atoms with Crippen molar-refractivity contribution in [3.63, 3.8) is 0 Å². The average Bonchev–Trinajstić information content (AvgIpc) is 3.86. The van der Waals surface area contributed by atoms with Crippen LogP contribution in [0.2, 0.25) is 0 Å². The number of fused-ring (bicyclic) bond motifs is 6. The first kappa shape index (κ1) is 33.0. The fourth-order valence-electron chi connectivity index (χ4n) is 7.84. The summed E-state index contributed by atoms with van der Waals surface area (Å²) in [5, 5.41) is 4.56. The molecule has 3 heterocycles. The van der Waals surface area contributed by atoms with Crippen LogP contribution in [0.3, 0.4) is 0 Å². The lowest BCUT2D eigenvalue weighted by atomic mass is 9.97. The van der Waals surface area contributed by atoms with Gasteiger partial charge in [-0.3, -0.25) is 0 Å². The molecule has 0 aliphatic carbocycles. The maximum absolute atomic E-state index is 6.73. The summed E-state index contributed by atoms with van der Waals surface area (Å²) in [6, 6.07) is 67.4. The molecule has 0 spiro atoms. The second-order valence-electron chi connectivity index (χ2n) is 14.0. The quantitative estimate of drug-likeness (QED) is 0.162. The number of furan rings is 1. The first-order chi connectivity index (χ1) is 28.2. The van der Waals surface area contributed by atoms with E-state index in [1.165, 1.54) is 20.2 Å². The molecule has 5 nitrogen and oxygen atoms in total. The third kappa shape index (κ3) is 5.82. The molecule has 3 aromatic heterocycles. The number of hydrogen-bond acceptors (Lipinski definition) is 6. The van der Waals surface area contributed by atoms with Gasteiger partial charge in [-0.15, -0.1) is 11.3 Å². The monoisotopic (exact) mass is 748 g/mol. The molecule has 0 saturated heterocycles. The van der Waals surface area contributed by atoms with Crippen molar-refractivity contribution < 1.29 is 4.42 Å². The number of para-hydroxylation sites is 2. The summed E-state index contributed by atoms with van der Waals surface area (Å²) in [5.74, 6) is 1.83. The van der Waals surface area contributed by atoms with E-state index >= 15 is 0 Å². The second-order valence-corrected chi connectivity index (χ2v) is 15.1. The highest BCUT2D eigenvalue weighted by molar-refractivity contribution is 7.25. The Hall–Kier alpha value is -7.41. The van der Waals surface area contributed by atoms with Crippen molar-refractivity contribution in [2.24, 2.45) is 0 Å². The Balaban J connectivity index is 1.05. The highest BCUT2D eigenvalue weighted by atomic mass is 32.1. The molecule has 0 atom stereocenters. The van der Waals surface area contributed by atoms with Gasteiger partial charge in [0.05, 0.1) is 0 Å². The van der Waals surface area contributed by atoms with Gasteiger partial charge < -0.3 is 9.32 Å². The smallest absolute Gasteiger partial charge is 0.164 e. The van der Waals surface area contributed by atoms with Crippen molar-refractivity contribution in [3.05, 3.63) is 194 Å². The van der Waals surface area contributed by atoms with Crippen LogP contribution in [0.5, 0.6) is 0 Å². The van der Waals surface area contributed by atoms with E-state index in [2.05, 4.69) is 126 Å². The van der Waals surface area contributed by atoms with E-state index in [1.807, 2.05) is 84.1 Å². The summed E-state index contributed by atoms with van der Waals surface area (Å²) < 4.78 is 9.30. The van der Waals surface area contributed by atoms with E-state index in [1.54, 1.807) is 0 Å². The van der Waals surface area contributed by atoms with Gasteiger partial charge >= 0.3 is 0 Å². The SMILES string of the molecule is c1ccc(-c2nc(-c3ccccc3)nc(-c3ccc(-c4ccc(N(c5ccccc5)c5ccc6c(c5)sc5ccccc56)cc4)c4oc5ccccc5c34)n2)cc1. The molecule has 11 aromatic rings. The Morgan fingerprint density at radius 2 is 0.930 bits per heavy atom. The Morgan fingerprint density at radius 3 is 1.65 bits per heavy atom. The number of thiophene rings is 1. The fraction of sp³-hybridized carbons (Fsp3) is 0. The van der Waals surface area contributed by atoms with Crippen molar-refractivity contribution in [1.82, 2.24) is 15.0 Å². The molecule has 0 bridgehead atoms. The summed E-state index contributed by atoms with van der Waals surface area (Å²) in [7, 11) is 0. The zero-order valence-electron chi connectivity index (χ0n) is 30.6. The zero-order valence-corrected chi connectivity index (χ0v) is 31.4. The van der Waals surface area contributed by atoms with Gasteiger partial charge in [-0.25, -0.2) is 15.0 Å². The van der Waals surface area contributed by atoms with E-state index in [4.69, 9.17) is 19.4 Å². The molecule has 0 saturated carbocycles. The highest BCUT2D eigenvalue weighted by Gasteiger charge is 2.21. The van der Waals surface area contributed by atoms with Crippen molar-refractivity contribution in [1.29, 1.82) is 0 Å². The largest absolute Gasteiger partial charge is 0.455 e. The molecule has 0 amide bonds. The molecule has 6 heteroatoms. The van der Waals surface area contributed by atoms with Gasteiger partial charge in [-0.05, 0) is 66.2 Å². The molecule has 0 N–H and O–H groups in total. The van der Waals surface area contributed by atoms with Gasteiger partial charge in [0.2, 0.25) is 0 Å². The third-order valence-corrected chi connectivity index (χ3v) is 11.7. The number of anilines is 3. The predicted molar refractivity (Wildman–Crippen MR) is 236 cm³/mol. The second kappa shape index (κ2) is 13.7. The average molecular weight is 749 g/mol. The van der Waals surface area contributed by atoms with E-state index in [9.17, 15) is 0 Å². The zero-order chi connectivity index (χ0) is 37.7. The van der Waals surface area contributed by atoms with Crippen LogP contribution in [0.15, 0.2) is 199 Å². The van der Waals surface area contributed by atoms with Crippen molar-refractivity contribution in [2.45, 2.75) is 0 Å².